The van der Waals surface area contributed by atoms with Gasteiger partial charge in [-0.2, -0.15) is 4.39 Å². The van der Waals surface area contributed by atoms with Crippen LogP contribution in [0.5, 0.6) is 0 Å². The zero-order chi connectivity index (χ0) is 47.1. The summed E-state index contributed by atoms with van der Waals surface area (Å²) in [6, 6.07) is 77.4. The van der Waals surface area contributed by atoms with Crippen molar-refractivity contribution in [2.75, 3.05) is 0 Å². The van der Waals surface area contributed by atoms with Gasteiger partial charge in [0.05, 0.1) is 11.4 Å². The highest BCUT2D eigenvalue weighted by molar-refractivity contribution is 5.98. The van der Waals surface area contributed by atoms with E-state index in [1.54, 1.807) is 0 Å². The van der Waals surface area contributed by atoms with E-state index in [0.717, 1.165) is 106 Å². The topological polar surface area (TPSA) is 63.1 Å². The van der Waals surface area contributed by atoms with Crippen LogP contribution in [0.25, 0.3) is 100 Å². The molecule has 0 aliphatic carbocycles. The largest absolute Gasteiger partial charge is 0.509 e. The molecule has 0 spiro atoms. The average molecular weight is 895 g/mol. The first-order chi connectivity index (χ1) is 33.9. The van der Waals surface area contributed by atoms with Crippen LogP contribution in [0.15, 0.2) is 248 Å². The zero-order valence-electron chi connectivity index (χ0n) is 38.1. The second-order valence-electron chi connectivity index (χ2n) is 17.1. The summed E-state index contributed by atoms with van der Waals surface area (Å²) in [5.74, 6) is -2.44. The molecule has 0 unspecified atom stereocenters. The summed E-state index contributed by atoms with van der Waals surface area (Å²) in [7, 11) is 0. The predicted octanol–water partition coefficient (Wildman–Crippen LogP) is 16.7. The summed E-state index contributed by atoms with van der Waals surface area (Å²) in [6.45, 7) is 1.19. The van der Waals surface area contributed by atoms with Gasteiger partial charge in [0, 0.05) is 41.1 Å². The predicted molar refractivity (Wildman–Crippen MR) is 281 cm³/mol. The number of aliphatic hydroxyl groups excluding tert-OH is 1. The fourth-order valence-electron chi connectivity index (χ4n) is 9.20. The molecule has 2 aromatic heterocycles. The van der Waals surface area contributed by atoms with Crippen molar-refractivity contribution in [2.24, 2.45) is 0 Å². The van der Waals surface area contributed by atoms with Crippen LogP contribution >= 0.6 is 0 Å². The molecule has 0 fully saturated rings. The molecular weight excluding hydrogens is 848 g/mol. The number of pyridine rings is 2. The summed E-state index contributed by atoms with van der Waals surface area (Å²) < 4.78 is 14.6. The van der Waals surface area contributed by atoms with Gasteiger partial charge in [0.2, 0.25) is 5.83 Å². The minimum Gasteiger partial charge on any atom is -0.509 e. The van der Waals surface area contributed by atoms with Crippen LogP contribution in [0.2, 0.25) is 0 Å². The average Bonchev–Trinajstić information content (AvgIpc) is 3.42. The number of ketones is 1. The van der Waals surface area contributed by atoms with Crippen LogP contribution in [0, 0.1) is 0 Å². The molecular formula is C64H47FN2O2. The molecule has 10 rings (SSSR count). The van der Waals surface area contributed by atoms with Crippen molar-refractivity contribution in [2.45, 2.75) is 19.8 Å². The fourth-order valence-corrected chi connectivity index (χ4v) is 9.20. The molecule has 5 heteroatoms. The van der Waals surface area contributed by atoms with Crippen molar-refractivity contribution >= 4 is 5.78 Å². The van der Waals surface area contributed by atoms with Gasteiger partial charge in [-0.3, -0.25) is 14.8 Å². The van der Waals surface area contributed by atoms with Crippen molar-refractivity contribution in [3.63, 3.8) is 0 Å². The third kappa shape index (κ3) is 9.45. The van der Waals surface area contributed by atoms with Gasteiger partial charge in [-0.15, -0.1) is 0 Å². The molecule has 0 aliphatic heterocycles. The van der Waals surface area contributed by atoms with E-state index in [9.17, 15) is 14.3 Å². The first-order valence-corrected chi connectivity index (χ1v) is 23.1. The third-order valence-corrected chi connectivity index (χ3v) is 12.6. The number of halogens is 1. The second kappa shape index (κ2) is 20.0. The van der Waals surface area contributed by atoms with Crippen LogP contribution in [0.1, 0.15) is 18.9 Å². The number of hydrogen-bond donors (Lipinski definition) is 1. The van der Waals surface area contributed by atoms with E-state index in [2.05, 4.69) is 158 Å². The highest BCUT2D eigenvalue weighted by Crippen LogP contribution is 2.45. The zero-order valence-corrected chi connectivity index (χ0v) is 38.1. The molecule has 0 amide bonds. The lowest BCUT2D eigenvalue weighted by Gasteiger charge is -2.20. The summed E-state index contributed by atoms with van der Waals surface area (Å²) >= 11 is 0. The van der Waals surface area contributed by atoms with E-state index in [0.29, 0.717) is 0 Å². The highest BCUT2D eigenvalue weighted by atomic mass is 19.1. The monoisotopic (exact) mass is 894 g/mol. The molecule has 10 aromatic rings. The Bertz CT molecular complexity index is 3290. The lowest BCUT2D eigenvalue weighted by Crippen LogP contribution is -2.03. The van der Waals surface area contributed by atoms with E-state index < -0.39 is 17.4 Å². The molecule has 8 aromatic carbocycles. The van der Waals surface area contributed by atoms with Crippen molar-refractivity contribution in [3.05, 3.63) is 254 Å². The SMILES string of the molecule is C/C(O)=C(\F)C(=O)CCc1ccccc1-c1cc(-c2ccccc2-c2cnc(-c3ccccc3)cc2-c2ccccc2)cc(-c2ccccc2-c2cnc(-c3ccccc3)cc2-c2ccccc2)c1. The summed E-state index contributed by atoms with van der Waals surface area (Å²) in [4.78, 5) is 23.0. The minimum absolute atomic E-state index is 0.0958. The van der Waals surface area contributed by atoms with Crippen LogP contribution in [0.3, 0.4) is 0 Å². The molecule has 0 saturated heterocycles. The fraction of sp³-hybridized carbons (Fsp3) is 0.0469. The van der Waals surface area contributed by atoms with E-state index in [-0.39, 0.29) is 12.8 Å². The van der Waals surface area contributed by atoms with E-state index in [1.807, 2.05) is 79.1 Å². The molecule has 332 valence electrons. The van der Waals surface area contributed by atoms with Gasteiger partial charge >= 0.3 is 0 Å². The number of carbonyl (C=O) groups excluding carboxylic acids is 1. The molecule has 1 N–H and O–H groups in total. The number of Topliss-reactive ketones (excluding diaryl/α,β-unsaturated/α-hetero) is 1. The van der Waals surface area contributed by atoms with E-state index in [4.69, 9.17) is 9.97 Å². The second-order valence-corrected chi connectivity index (χ2v) is 17.1. The van der Waals surface area contributed by atoms with Crippen LogP contribution in [-0.4, -0.2) is 20.9 Å². The maximum absolute atomic E-state index is 14.6. The van der Waals surface area contributed by atoms with Gasteiger partial charge in [-0.25, -0.2) is 0 Å². The van der Waals surface area contributed by atoms with Gasteiger partial charge in [0.15, 0.2) is 5.78 Å². The lowest BCUT2D eigenvalue weighted by molar-refractivity contribution is -0.117. The number of nitrogens with zero attached hydrogens (tertiary/aromatic N) is 2. The van der Waals surface area contributed by atoms with Crippen molar-refractivity contribution < 1.29 is 14.3 Å². The molecule has 69 heavy (non-hydrogen) atoms. The van der Waals surface area contributed by atoms with Crippen LogP contribution in [-0.2, 0) is 11.2 Å². The third-order valence-electron chi connectivity index (χ3n) is 12.6. The molecule has 0 radical (unpaired) electrons. The number of aromatic nitrogens is 2. The quantitative estimate of drug-likeness (QED) is 0.0925. The van der Waals surface area contributed by atoms with Crippen LogP contribution in [0.4, 0.5) is 4.39 Å². The number of rotatable bonds is 13. The van der Waals surface area contributed by atoms with Crippen molar-refractivity contribution in [1.82, 2.24) is 9.97 Å². The van der Waals surface area contributed by atoms with Gasteiger partial charge in [0.1, 0.15) is 5.76 Å². The molecule has 0 atom stereocenters. The Morgan fingerprint density at radius 3 is 1.16 bits per heavy atom. The molecule has 0 aliphatic rings. The molecule has 2 heterocycles. The standard InChI is InChI=1S/C64H47FN2O2/c1-43(68)64(65)63(69)35-34-46-24-14-15-29-52(46)49-36-50(53-30-16-18-32-55(53)59-41-66-61(47-25-10-4-11-26-47)39-57(59)44-20-6-2-7-21-44)38-51(37-49)54-31-17-19-33-56(54)60-42-67-62(48-27-12-5-13-28-48)40-58(60)45-22-8-3-9-23-45/h2-33,36-42,68H,34-35H2,1H3/b64-43+. The normalized spacial score (nSPS) is 11.5. The number of allylic oxidation sites excluding steroid dienone is 2. The maximum atomic E-state index is 14.6. The Balaban J connectivity index is 1.18. The van der Waals surface area contributed by atoms with Crippen LogP contribution < -0.4 is 0 Å². The maximum Gasteiger partial charge on any atom is 0.203 e. The Labute approximate surface area is 402 Å². The first kappa shape index (κ1) is 44.1. The summed E-state index contributed by atoms with van der Waals surface area (Å²) in [5, 5.41) is 9.78. The number of aliphatic hydroxyl groups is 1. The molecule has 0 bridgehead atoms. The number of hydrogen-bond acceptors (Lipinski definition) is 4. The number of benzene rings is 8. The lowest BCUT2D eigenvalue weighted by atomic mass is 9.85. The Morgan fingerprint density at radius 1 is 0.391 bits per heavy atom. The van der Waals surface area contributed by atoms with Gasteiger partial charge in [0.25, 0.3) is 0 Å². The minimum atomic E-state index is -1.10. The van der Waals surface area contributed by atoms with Gasteiger partial charge in [-0.1, -0.05) is 194 Å². The number of aryl methyl sites for hydroxylation is 1. The molecule has 0 saturated carbocycles. The van der Waals surface area contributed by atoms with E-state index >= 15 is 0 Å². The summed E-state index contributed by atoms with van der Waals surface area (Å²) in [6.07, 6.45) is 4.17. The Kier molecular flexibility index (Phi) is 12.8. The van der Waals surface area contributed by atoms with Crippen molar-refractivity contribution in [1.29, 1.82) is 0 Å². The Morgan fingerprint density at radius 2 is 0.739 bits per heavy atom. The Hall–Kier alpha value is -8.80. The smallest absolute Gasteiger partial charge is 0.203 e. The van der Waals surface area contributed by atoms with E-state index in [1.165, 1.54) is 6.92 Å². The highest BCUT2D eigenvalue weighted by Gasteiger charge is 2.21. The summed E-state index contributed by atoms with van der Waals surface area (Å²) in [5.41, 5.74) is 18.9. The van der Waals surface area contributed by atoms with Crippen molar-refractivity contribution in [3.8, 4) is 100 Å². The molecule has 4 nitrogen and oxygen atoms in total. The van der Waals surface area contributed by atoms with Gasteiger partial charge < -0.3 is 5.11 Å². The van der Waals surface area contributed by atoms with Gasteiger partial charge in [-0.05, 0) is 116 Å². The first-order valence-electron chi connectivity index (χ1n) is 23.1. The number of carbonyl (C=O) groups is 1.